The number of rotatable bonds is 5. The summed E-state index contributed by atoms with van der Waals surface area (Å²) in [7, 11) is -0.873. The van der Waals surface area contributed by atoms with Crippen LogP contribution in [0.4, 0.5) is 0 Å². The van der Waals surface area contributed by atoms with Crippen molar-refractivity contribution in [2.24, 2.45) is 0 Å². The summed E-state index contributed by atoms with van der Waals surface area (Å²) in [5, 5.41) is 2.83. The summed E-state index contributed by atoms with van der Waals surface area (Å²) in [5.41, 5.74) is 0.991. The molecule has 1 amide bonds. The van der Waals surface area contributed by atoms with E-state index < -0.39 is 10.8 Å². The molecule has 0 heterocycles. The van der Waals surface area contributed by atoms with Crippen molar-refractivity contribution in [1.29, 1.82) is 0 Å². The zero-order chi connectivity index (χ0) is 12.0. The average Bonchev–Trinajstić information content (AvgIpc) is 2.17. The highest BCUT2D eigenvalue weighted by Gasteiger charge is 2.08. The first kappa shape index (κ1) is 12.9. The van der Waals surface area contributed by atoms with Gasteiger partial charge in [-0.1, -0.05) is 30.3 Å². The number of nitrogens with one attached hydrogen (secondary N) is 1. The molecule has 4 heteroatoms. The van der Waals surface area contributed by atoms with E-state index in [9.17, 15) is 9.00 Å². The van der Waals surface area contributed by atoms with Crippen molar-refractivity contribution in [3.05, 3.63) is 35.9 Å². The summed E-state index contributed by atoms with van der Waals surface area (Å²) in [5.74, 6) is 0.477. The van der Waals surface area contributed by atoms with Crippen LogP contribution in [-0.4, -0.2) is 28.2 Å². The summed E-state index contributed by atoms with van der Waals surface area (Å²) < 4.78 is 11.0. The van der Waals surface area contributed by atoms with E-state index in [2.05, 4.69) is 5.32 Å². The van der Waals surface area contributed by atoms with Gasteiger partial charge in [0.05, 0.1) is 6.42 Å². The maximum atomic E-state index is 11.6. The third kappa shape index (κ3) is 5.07. The zero-order valence-corrected chi connectivity index (χ0v) is 10.4. The predicted octanol–water partition coefficient (Wildman–Crippen LogP) is 1.11. The van der Waals surface area contributed by atoms with Crippen LogP contribution in [0.2, 0.25) is 0 Å². The number of carbonyl (C=O) groups excluding carboxylic acids is 1. The molecule has 0 aliphatic rings. The van der Waals surface area contributed by atoms with Gasteiger partial charge in [0, 0.05) is 28.9 Å². The Kier molecular flexibility index (Phi) is 5.19. The molecule has 1 N–H and O–H groups in total. The molecule has 2 unspecified atom stereocenters. The molecule has 88 valence electrons. The minimum atomic E-state index is -0.873. The van der Waals surface area contributed by atoms with Crippen molar-refractivity contribution >= 4 is 16.7 Å². The maximum Gasteiger partial charge on any atom is 0.224 e. The summed E-state index contributed by atoms with van der Waals surface area (Å²) in [4.78, 5) is 11.6. The van der Waals surface area contributed by atoms with Crippen LogP contribution in [0.15, 0.2) is 30.3 Å². The van der Waals surface area contributed by atoms with E-state index in [-0.39, 0.29) is 11.9 Å². The smallest absolute Gasteiger partial charge is 0.224 e. The van der Waals surface area contributed by atoms with E-state index in [1.165, 1.54) is 0 Å². The lowest BCUT2D eigenvalue weighted by Gasteiger charge is -2.12. The van der Waals surface area contributed by atoms with Crippen LogP contribution < -0.4 is 5.32 Å². The SMILES string of the molecule is CC(CS(C)=O)NC(=O)Cc1ccccc1. The minimum Gasteiger partial charge on any atom is -0.352 e. The van der Waals surface area contributed by atoms with Crippen LogP contribution in [0.25, 0.3) is 0 Å². The Morgan fingerprint density at radius 3 is 2.56 bits per heavy atom. The number of carbonyl (C=O) groups is 1. The monoisotopic (exact) mass is 239 g/mol. The van der Waals surface area contributed by atoms with Crippen LogP contribution >= 0.6 is 0 Å². The van der Waals surface area contributed by atoms with Crippen LogP contribution in [-0.2, 0) is 22.0 Å². The summed E-state index contributed by atoms with van der Waals surface area (Å²) in [6.07, 6.45) is 2.02. The van der Waals surface area contributed by atoms with Gasteiger partial charge < -0.3 is 5.32 Å². The molecular formula is C12H17NO2S. The Bertz CT molecular complexity index is 365. The molecule has 1 aromatic carbocycles. The Morgan fingerprint density at radius 1 is 1.38 bits per heavy atom. The van der Waals surface area contributed by atoms with Crippen LogP contribution in [0, 0.1) is 0 Å². The van der Waals surface area contributed by atoms with Gasteiger partial charge in [-0.15, -0.1) is 0 Å². The molecule has 2 atom stereocenters. The minimum absolute atomic E-state index is 0.0239. The molecule has 1 rings (SSSR count). The second kappa shape index (κ2) is 6.43. The van der Waals surface area contributed by atoms with E-state index >= 15 is 0 Å². The number of amides is 1. The lowest BCUT2D eigenvalue weighted by molar-refractivity contribution is -0.120. The second-order valence-corrected chi connectivity index (χ2v) is 5.35. The highest BCUT2D eigenvalue weighted by Crippen LogP contribution is 1.99. The fourth-order valence-corrected chi connectivity index (χ4v) is 2.29. The van der Waals surface area contributed by atoms with Gasteiger partial charge in [0.2, 0.25) is 5.91 Å². The van der Waals surface area contributed by atoms with E-state index in [0.717, 1.165) is 5.56 Å². The first-order chi connectivity index (χ1) is 7.58. The lowest BCUT2D eigenvalue weighted by Crippen LogP contribution is -2.37. The Labute approximate surface area is 98.7 Å². The molecule has 0 saturated carbocycles. The second-order valence-electron chi connectivity index (χ2n) is 3.87. The molecule has 0 aliphatic heterocycles. The van der Waals surface area contributed by atoms with E-state index in [0.29, 0.717) is 12.2 Å². The molecule has 0 radical (unpaired) electrons. The topological polar surface area (TPSA) is 46.2 Å². The van der Waals surface area contributed by atoms with Crippen molar-refractivity contribution < 1.29 is 9.00 Å². The van der Waals surface area contributed by atoms with Crippen LogP contribution in [0.1, 0.15) is 12.5 Å². The van der Waals surface area contributed by atoms with Gasteiger partial charge in [-0.3, -0.25) is 9.00 Å². The molecular weight excluding hydrogens is 222 g/mol. The van der Waals surface area contributed by atoms with Crippen LogP contribution in [0.5, 0.6) is 0 Å². The van der Waals surface area contributed by atoms with Crippen molar-refractivity contribution in [2.45, 2.75) is 19.4 Å². The first-order valence-corrected chi connectivity index (χ1v) is 6.94. The van der Waals surface area contributed by atoms with Crippen LogP contribution in [0.3, 0.4) is 0 Å². The van der Waals surface area contributed by atoms with Gasteiger partial charge in [-0.2, -0.15) is 0 Å². The van der Waals surface area contributed by atoms with Crippen molar-refractivity contribution in [1.82, 2.24) is 5.32 Å². The van der Waals surface area contributed by atoms with Gasteiger partial charge in [-0.25, -0.2) is 0 Å². The molecule has 0 bridgehead atoms. The molecule has 1 aromatic rings. The third-order valence-electron chi connectivity index (χ3n) is 2.10. The molecule has 3 nitrogen and oxygen atoms in total. The van der Waals surface area contributed by atoms with Gasteiger partial charge in [0.1, 0.15) is 0 Å². The average molecular weight is 239 g/mol. The van der Waals surface area contributed by atoms with E-state index in [1.54, 1.807) is 6.26 Å². The number of hydrogen-bond donors (Lipinski definition) is 1. The Balaban J connectivity index is 2.39. The van der Waals surface area contributed by atoms with Crippen molar-refractivity contribution in [2.75, 3.05) is 12.0 Å². The Hall–Kier alpha value is -1.16. The van der Waals surface area contributed by atoms with Gasteiger partial charge in [0.15, 0.2) is 0 Å². The largest absolute Gasteiger partial charge is 0.352 e. The van der Waals surface area contributed by atoms with Crippen molar-refractivity contribution in [3.8, 4) is 0 Å². The zero-order valence-electron chi connectivity index (χ0n) is 9.60. The van der Waals surface area contributed by atoms with E-state index in [4.69, 9.17) is 0 Å². The predicted molar refractivity (Wildman–Crippen MR) is 66.7 cm³/mol. The molecule has 0 spiro atoms. The fourth-order valence-electron chi connectivity index (χ4n) is 1.50. The quantitative estimate of drug-likeness (QED) is 0.836. The molecule has 0 fully saturated rings. The van der Waals surface area contributed by atoms with Crippen molar-refractivity contribution in [3.63, 3.8) is 0 Å². The lowest BCUT2D eigenvalue weighted by atomic mass is 10.1. The van der Waals surface area contributed by atoms with Gasteiger partial charge in [-0.05, 0) is 12.5 Å². The number of benzene rings is 1. The molecule has 16 heavy (non-hydrogen) atoms. The summed E-state index contributed by atoms with van der Waals surface area (Å²) in [6, 6.07) is 9.54. The number of hydrogen-bond acceptors (Lipinski definition) is 2. The van der Waals surface area contributed by atoms with Gasteiger partial charge in [0.25, 0.3) is 0 Å². The summed E-state index contributed by atoms with van der Waals surface area (Å²) in [6.45, 7) is 1.87. The normalized spacial score (nSPS) is 14.1. The Morgan fingerprint density at radius 2 is 2.00 bits per heavy atom. The van der Waals surface area contributed by atoms with E-state index in [1.807, 2.05) is 37.3 Å². The highest BCUT2D eigenvalue weighted by molar-refractivity contribution is 7.84. The molecule has 0 aromatic heterocycles. The van der Waals surface area contributed by atoms with Gasteiger partial charge >= 0.3 is 0 Å². The molecule has 0 saturated heterocycles. The standard InChI is InChI=1S/C12H17NO2S/c1-10(9-16(2)15)13-12(14)8-11-6-4-3-5-7-11/h3-7,10H,8-9H2,1-2H3,(H,13,14). The fraction of sp³-hybridized carbons (Fsp3) is 0.417. The molecule has 0 aliphatic carbocycles. The third-order valence-corrected chi connectivity index (χ3v) is 3.07. The highest BCUT2D eigenvalue weighted by atomic mass is 32.2. The first-order valence-electron chi connectivity index (χ1n) is 5.21. The summed E-state index contributed by atoms with van der Waals surface area (Å²) >= 11 is 0. The maximum absolute atomic E-state index is 11.6.